The van der Waals surface area contributed by atoms with Crippen LogP contribution in [0.4, 0.5) is 114 Å². The normalized spacial score (nSPS) is 17.2. The van der Waals surface area contributed by atoms with Crippen molar-refractivity contribution >= 4 is 17.6 Å². The lowest BCUT2D eigenvalue weighted by atomic mass is 9.93. The number of hydrogen-bond acceptors (Lipinski definition) is 5. The fraction of sp³-hybridized carbons (Fsp3) is 1.00. The van der Waals surface area contributed by atoms with E-state index in [0.717, 1.165) is 41.5 Å². The second-order valence-corrected chi connectivity index (χ2v) is 18.3. The predicted molar refractivity (Wildman–Crippen MR) is 144 cm³/mol. The molecule has 0 aromatic heterocycles. The maximum absolute atomic E-state index is 14.8. The van der Waals surface area contributed by atoms with Crippen molar-refractivity contribution in [2.24, 2.45) is 0 Å². The molecule has 0 saturated heterocycles. The molecule has 58 heavy (non-hydrogen) atoms. The number of alkyl halides is 26. The third kappa shape index (κ3) is 10.2. The molecule has 0 aliphatic rings. The van der Waals surface area contributed by atoms with Crippen LogP contribution >= 0.6 is 0 Å². The van der Waals surface area contributed by atoms with Crippen molar-refractivity contribution in [1.29, 1.82) is 0 Å². The largest absolute Gasteiger partial charge is 0.494 e. The fourth-order valence-electron chi connectivity index (χ4n) is 4.25. The molecule has 0 saturated carbocycles. The summed E-state index contributed by atoms with van der Waals surface area (Å²) in [6, 6.07) is -4.91. The minimum atomic E-state index is -8.38. The van der Waals surface area contributed by atoms with E-state index in [-0.39, 0.29) is 0 Å². The van der Waals surface area contributed by atoms with Crippen LogP contribution in [0, 0.1) is 0 Å². The van der Waals surface area contributed by atoms with Crippen molar-refractivity contribution in [2.75, 3.05) is 0 Å². The molecule has 1 atom stereocenters. The second-order valence-electron chi connectivity index (χ2n) is 13.0. The first-order valence-corrected chi connectivity index (χ1v) is 19.1. The zero-order chi connectivity index (χ0) is 47.4. The van der Waals surface area contributed by atoms with Gasteiger partial charge in [-0.1, -0.05) is 0 Å². The Kier molecular flexibility index (Phi) is 16.1. The van der Waals surface area contributed by atoms with Crippen molar-refractivity contribution in [3.63, 3.8) is 0 Å². The molecule has 0 aromatic rings. The van der Waals surface area contributed by atoms with Crippen LogP contribution in [0.3, 0.4) is 0 Å². The van der Waals surface area contributed by atoms with Crippen LogP contribution in [0.5, 0.6) is 0 Å². The molecule has 1 N–H and O–H groups in total. The second kappa shape index (κ2) is 16.6. The Morgan fingerprint density at radius 2 is 0.603 bits per heavy atom. The topological polar surface area (TPSA) is 57.2 Å². The van der Waals surface area contributed by atoms with Crippen molar-refractivity contribution in [3.8, 4) is 0 Å². The third-order valence-electron chi connectivity index (χ3n) is 7.06. The van der Waals surface area contributed by atoms with E-state index in [9.17, 15) is 119 Å². The molecule has 1 unspecified atom stereocenters. The monoisotopic (exact) mass is 960 g/mol. The zero-order valence-electron chi connectivity index (χ0n) is 29.5. The summed E-state index contributed by atoms with van der Waals surface area (Å²) in [5.41, 5.74) is 0. The minimum absolute atomic E-state index is 0.742. The summed E-state index contributed by atoms with van der Waals surface area (Å²) in [6.07, 6.45) is -27.2. The minimum Gasteiger partial charge on any atom is -0.390 e. The molecular formula is C25H30F26O5Si2. The molecule has 5 nitrogen and oxygen atoms in total. The van der Waals surface area contributed by atoms with Crippen LogP contribution in [0.15, 0.2) is 0 Å². The molecular weight excluding hydrogens is 930 g/mol. The van der Waals surface area contributed by atoms with Gasteiger partial charge in [0.15, 0.2) is 0 Å². The van der Waals surface area contributed by atoms with Gasteiger partial charge in [0, 0.05) is 43.2 Å². The molecule has 33 heteroatoms. The Bertz CT molecular complexity index is 1360. The molecule has 0 radical (unpaired) electrons. The molecule has 0 amide bonds. The van der Waals surface area contributed by atoms with E-state index in [2.05, 4.69) is 0 Å². The lowest BCUT2D eigenvalue weighted by Crippen LogP contribution is -2.70. The lowest BCUT2D eigenvalue weighted by Gasteiger charge is -2.42. The summed E-state index contributed by atoms with van der Waals surface area (Å²) in [5.74, 6) is -79.5. The Balaban J connectivity index is 7.32. The molecule has 0 heterocycles. The van der Waals surface area contributed by atoms with Gasteiger partial charge in [-0.25, -0.2) is 0 Å². The van der Waals surface area contributed by atoms with Crippen molar-refractivity contribution in [3.05, 3.63) is 0 Å². The van der Waals surface area contributed by atoms with Crippen LogP contribution in [0.25, 0.3) is 0 Å². The fourth-order valence-corrected chi connectivity index (χ4v) is 11.4. The average molecular weight is 961 g/mol. The van der Waals surface area contributed by atoms with Crippen molar-refractivity contribution < 1.29 is 136 Å². The third-order valence-corrected chi connectivity index (χ3v) is 13.8. The van der Waals surface area contributed by atoms with E-state index in [4.69, 9.17) is 17.4 Å². The molecule has 0 bridgehead atoms. The average Bonchev–Trinajstić information content (AvgIpc) is 2.96. The van der Waals surface area contributed by atoms with Gasteiger partial charge in [-0.2, -0.15) is 114 Å². The maximum Gasteiger partial charge on any atom is 0.494 e. The highest BCUT2D eigenvalue weighted by Crippen LogP contribution is 2.63. The maximum atomic E-state index is 14.8. The van der Waals surface area contributed by atoms with Gasteiger partial charge in [-0.3, -0.25) is 0 Å². The van der Waals surface area contributed by atoms with Crippen LogP contribution in [-0.4, -0.2) is 112 Å². The number of hydrogen-bond donors (Lipinski definition) is 1. The predicted octanol–water partition coefficient (Wildman–Crippen LogP) is 11.4. The number of halogens is 26. The summed E-state index contributed by atoms with van der Waals surface area (Å²) < 4.78 is 375. The smallest absolute Gasteiger partial charge is 0.390 e. The Morgan fingerprint density at radius 3 is 0.845 bits per heavy atom. The molecule has 0 aromatic carbocycles. The van der Waals surface area contributed by atoms with Gasteiger partial charge in [-0.05, 0) is 41.5 Å². The Morgan fingerprint density at radius 1 is 0.362 bits per heavy atom. The highest BCUT2D eigenvalue weighted by molar-refractivity contribution is 6.74. The van der Waals surface area contributed by atoms with Crippen LogP contribution in [-0.2, 0) is 17.4 Å². The first-order chi connectivity index (χ1) is 24.9. The molecule has 0 spiro atoms. The standard InChI is InChI=1S/C25H30F26O5Si2/c1-11(2)53-57(52,9-7-14(26,27)16(30,31)18(34,35)20(38,39)22(42,43)24(46,47)48)56-58(54-12(3)4,55-13(5)6)10-8-15(28,29)17(32,33)19(36,37)21(40,41)23(44,45)25(49,50)51/h11-13,52H,7-10H2,1-6H3. The van der Waals surface area contributed by atoms with Gasteiger partial charge in [0.05, 0.1) is 0 Å². The van der Waals surface area contributed by atoms with E-state index in [0.29, 0.717) is 0 Å². The summed E-state index contributed by atoms with van der Waals surface area (Å²) >= 11 is 0. The van der Waals surface area contributed by atoms with Crippen LogP contribution in [0.1, 0.15) is 54.4 Å². The van der Waals surface area contributed by atoms with Gasteiger partial charge < -0.3 is 22.2 Å². The number of rotatable bonds is 22. The van der Waals surface area contributed by atoms with Gasteiger partial charge in [-0.15, -0.1) is 0 Å². The summed E-state index contributed by atoms with van der Waals surface area (Å²) in [6.45, 7) is 4.68. The van der Waals surface area contributed by atoms with E-state index >= 15 is 0 Å². The van der Waals surface area contributed by atoms with Gasteiger partial charge >= 0.3 is 89.2 Å². The Labute approximate surface area is 311 Å². The molecule has 0 rings (SSSR count). The van der Waals surface area contributed by atoms with Gasteiger partial charge in [0.1, 0.15) is 0 Å². The highest BCUT2D eigenvalue weighted by atomic mass is 28.5. The summed E-state index contributed by atoms with van der Waals surface area (Å²) in [5, 5.41) is 0. The van der Waals surface area contributed by atoms with Crippen molar-refractivity contribution in [2.45, 2.75) is 156 Å². The first kappa shape index (κ1) is 56.4. The molecule has 0 fully saturated rings. The van der Waals surface area contributed by atoms with Gasteiger partial charge in [0.2, 0.25) is 0 Å². The van der Waals surface area contributed by atoms with Crippen molar-refractivity contribution in [1.82, 2.24) is 0 Å². The van der Waals surface area contributed by atoms with E-state index in [1.165, 1.54) is 0 Å². The zero-order valence-corrected chi connectivity index (χ0v) is 31.5. The summed E-state index contributed by atoms with van der Waals surface area (Å²) in [7, 11) is -12.4. The first-order valence-electron chi connectivity index (χ1n) is 15.2. The van der Waals surface area contributed by atoms with Crippen LogP contribution in [0.2, 0.25) is 12.1 Å². The molecule has 350 valence electrons. The lowest BCUT2D eigenvalue weighted by molar-refractivity contribution is -0.440. The summed E-state index contributed by atoms with van der Waals surface area (Å²) in [4.78, 5) is 11.0. The van der Waals surface area contributed by atoms with E-state index in [1.54, 1.807) is 0 Å². The SMILES string of the molecule is CC(C)O[Si](O)(CCC(F)(F)C(F)(F)C(F)(F)C(F)(F)C(F)(F)C(F)(F)F)O[Si](CCC(F)(F)C(F)(F)C(F)(F)C(F)(F)C(F)(F)C(F)(F)F)(OC(C)C)OC(C)C. The van der Waals surface area contributed by atoms with Gasteiger partial charge in [0.25, 0.3) is 0 Å². The molecule has 0 aliphatic carbocycles. The highest BCUT2D eigenvalue weighted by Gasteiger charge is 2.92. The van der Waals surface area contributed by atoms with Crippen LogP contribution < -0.4 is 0 Å². The van der Waals surface area contributed by atoms with E-state index in [1.807, 2.05) is 0 Å². The van der Waals surface area contributed by atoms with E-state index < -0.39 is 132 Å². The quantitative estimate of drug-likeness (QED) is 0.0865. The Hall–Kier alpha value is -1.59. The molecule has 0 aliphatic heterocycles.